The Morgan fingerprint density at radius 2 is 2.08 bits per heavy atom. The number of amides is 1. The average molecular weight is 183 g/mol. The normalized spacial score (nSPS) is 8.23. The van der Waals surface area contributed by atoms with Crippen molar-refractivity contribution in [3.63, 3.8) is 0 Å². The highest BCUT2D eigenvalue weighted by molar-refractivity contribution is 5.93. The first-order valence-corrected chi connectivity index (χ1v) is 3.86. The fourth-order valence-electron chi connectivity index (χ4n) is 0.665. The second-order valence-corrected chi connectivity index (χ2v) is 2.43. The average Bonchev–Trinajstić information content (AvgIpc) is 2.13. The molecule has 0 aliphatic rings. The van der Waals surface area contributed by atoms with Gasteiger partial charge in [0, 0.05) is 13.6 Å². The van der Waals surface area contributed by atoms with Gasteiger partial charge in [0.25, 0.3) is 5.91 Å². The quantitative estimate of drug-likeness (QED) is 0.458. The molecule has 0 fully saturated rings. The monoisotopic (exact) mass is 183 g/mol. The number of hydrogen-bond acceptors (Lipinski definition) is 3. The van der Waals surface area contributed by atoms with Gasteiger partial charge in [-0.25, -0.2) is 0 Å². The lowest BCUT2D eigenvalue weighted by molar-refractivity contribution is -0.141. The summed E-state index contributed by atoms with van der Waals surface area (Å²) in [6, 6.07) is 0. The molecule has 4 nitrogen and oxygen atoms in total. The highest BCUT2D eigenvalue weighted by atomic mass is 16.5. The number of carbonyl (C=O) groups is 2. The largest absolute Gasteiger partial charge is 0.469 e. The van der Waals surface area contributed by atoms with E-state index >= 15 is 0 Å². The maximum Gasteiger partial charge on any atom is 0.307 e. The zero-order valence-corrected chi connectivity index (χ0v) is 8.09. The zero-order chi connectivity index (χ0) is 10.3. The minimum atomic E-state index is -0.330. The lowest BCUT2D eigenvalue weighted by Gasteiger charge is -2.12. The van der Waals surface area contributed by atoms with Crippen LogP contribution in [0.25, 0.3) is 0 Å². The third-order valence-electron chi connectivity index (χ3n) is 1.46. The molecule has 0 aliphatic carbocycles. The Morgan fingerprint density at radius 3 is 2.54 bits per heavy atom. The van der Waals surface area contributed by atoms with E-state index in [1.807, 2.05) is 0 Å². The molecule has 0 aromatic heterocycles. The van der Waals surface area contributed by atoms with Gasteiger partial charge in [-0.15, -0.1) is 0 Å². The summed E-state index contributed by atoms with van der Waals surface area (Å²) in [5.74, 6) is 4.25. The van der Waals surface area contributed by atoms with Crippen LogP contribution in [0, 0.1) is 11.8 Å². The van der Waals surface area contributed by atoms with Crippen LogP contribution in [0.3, 0.4) is 0 Å². The smallest absolute Gasteiger partial charge is 0.307 e. The summed E-state index contributed by atoms with van der Waals surface area (Å²) in [6.45, 7) is 1.92. The van der Waals surface area contributed by atoms with E-state index in [0.29, 0.717) is 6.54 Å². The number of nitrogens with zero attached hydrogens (tertiary/aromatic N) is 1. The summed E-state index contributed by atoms with van der Waals surface area (Å²) in [5, 5.41) is 0. The molecule has 0 atom stereocenters. The minimum absolute atomic E-state index is 0.199. The molecule has 0 unspecified atom stereocenters. The molecule has 72 valence electrons. The fraction of sp³-hybridized carbons (Fsp3) is 0.556. The van der Waals surface area contributed by atoms with Gasteiger partial charge >= 0.3 is 5.97 Å². The highest BCUT2D eigenvalue weighted by Gasteiger charge is 2.07. The van der Waals surface area contributed by atoms with Crippen molar-refractivity contribution in [1.29, 1.82) is 0 Å². The highest BCUT2D eigenvalue weighted by Crippen LogP contribution is 1.90. The summed E-state index contributed by atoms with van der Waals surface area (Å²) in [7, 11) is 2.91. The Hall–Kier alpha value is -1.50. The third kappa shape index (κ3) is 4.86. The molecular formula is C9H13NO3. The molecule has 0 N–H and O–H groups in total. The molecule has 4 heteroatoms. The van der Waals surface area contributed by atoms with E-state index in [9.17, 15) is 9.59 Å². The van der Waals surface area contributed by atoms with Crippen LogP contribution in [-0.4, -0.2) is 37.5 Å². The van der Waals surface area contributed by atoms with Gasteiger partial charge in [0.1, 0.15) is 0 Å². The first kappa shape index (κ1) is 11.5. The standard InChI is InChI=1S/C9H13NO3/c1-4-5-8(11)10(2)7-6-9(12)13-3/h6-7H2,1-3H3. The van der Waals surface area contributed by atoms with E-state index in [0.717, 1.165) is 0 Å². The van der Waals surface area contributed by atoms with Crippen molar-refractivity contribution in [1.82, 2.24) is 4.90 Å². The SMILES string of the molecule is CC#CC(=O)N(C)CCC(=O)OC. The number of ether oxygens (including phenoxy) is 1. The van der Waals surface area contributed by atoms with Crippen molar-refractivity contribution in [3.8, 4) is 11.8 Å². The number of rotatable bonds is 3. The van der Waals surface area contributed by atoms with Gasteiger partial charge in [0.2, 0.25) is 0 Å². The van der Waals surface area contributed by atoms with E-state index in [1.165, 1.54) is 12.0 Å². The van der Waals surface area contributed by atoms with Gasteiger partial charge in [-0.1, -0.05) is 5.92 Å². The van der Waals surface area contributed by atoms with Gasteiger partial charge in [-0.3, -0.25) is 9.59 Å². The predicted octanol–water partition coefficient (Wildman–Crippen LogP) is 0.0312. The lowest BCUT2D eigenvalue weighted by Crippen LogP contribution is -2.27. The Bertz CT molecular complexity index is 249. The van der Waals surface area contributed by atoms with Gasteiger partial charge in [-0.05, 0) is 12.8 Å². The summed E-state index contributed by atoms with van der Waals surface area (Å²) in [4.78, 5) is 23.1. The molecular weight excluding hydrogens is 170 g/mol. The van der Waals surface area contributed by atoms with Crippen molar-refractivity contribution in [2.45, 2.75) is 13.3 Å². The van der Waals surface area contributed by atoms with Crippen LogP contribution in [0.15, 0.2) is 0 Å². The molecule has 0 aromatic carbocycles. The number of carbonyl (C=O) groups excluding carboxylic acids is 2. The van der Waals surface area contributed by atoms with Crippen LogP contribution < -0.4 is 0 Å². The molecule has 0 rings (SSSR count). The number of esters is 1. The third-order valence-corrected chi connectivity index (χ3v) is 1.46. The molecule has 0 saturated carbocycles. The number of methoxy groups -OCH3 is 1. The molecule has 0 bridgehead atoms. The van der Waals surface area contributed by atoms with Gasteiger partial charge < -0.3 is 9.64 Å². The van der Waals surface area contributed by atoms with Crippen LogP contribution in [-0.2, 0) is 14.3 Å². The summed E-state index contributed by atoms with van der Waals surface area (Å²) >= 11 is 0. The van der Waals surface area contributed by atoms with E-state index < -0.39 is 0 Å². The molecule has 0 saturated heterocycles. The summed E-state index contributed by atoms with van der Waals surface area (Å²) in [6.07, 6.45) is 0.199. The molecule has 0 spiro atoms. The van der Waals surface area contributed by atoms with E-state index in [4.69, 9.17) is 0 Å². The van der Waals surface area contributed by atoms with Crippen molar-refractivity contribution >= 4 is 11.9 Å². The molecule has 1 amide bonds. The summed E-state index contributed by atoms with van der Waals surface area (Å²) in [5.41, 5.74) is 0. The van der Waals surface area contributed by atoms with E-state index in [2.05, 4.69) is 16.6 Å². The van der Waals surface area contributed by atoms with Gasteiger partial charge in [0.05, 0.1) is 13.5 Å². The van der Waals surface area contributed by atoms with Crippen molar-refractivity contribution in [2.75, 3.05) is 20.7 Å². The second-order valence-electron chi connectivity index (χ2n) is 2.43. The van der Waals surface area contributed by atoms with E-state index in [1.54, 1.807) is 14.0 Å². The van der Waals surface area contributed by atoms with Crippen molar-refractivity contribution in [2.24, 2.45) is 0 Å². The van der Waals surface area contributed by atoms with Crippen LogP contribution in [0.2, 0.25) is 0 Å². The van der Waals surface area contributed by atoms with Crippen LogP contribution >= 0.6 is 0 Å². The topological polar surface area (TPSA) is 46.6 Å². The first-order valence-electron chi connectivity index (χ1n) is 3.86. The molecule has 13 heavy (non-hydrogen) atoms. The van der Waals surface area contributed by atoms with Crippen LogP contribution in [0.4, 0.5) is 0 Å². The Balaban J connectivity index is 3.85. The number of hydrogen-bond donors (Lipinski definition) is 0. The minimum Gasteiger partial charge on any atom is -0.469 e. The van der Waals surface area contributed by atoms with Crippen LogP contribution in [0.5, 0.6) is 0 Å². The van der Waals surface area contributed by atoms with Gasteiger partial charge in [-0.2, -0.15) is 0 Å². The fourth-order valence-corrected chi connectivity index (χ4v) is 0.665. The molecule has 0 radical (unpaired) electrons. The predicted molar refractivity (Wildman–Crippen MR) is 47.7 cm³/mol. The lowest BCUT2D eigenvalue weighted by atomic mass is 10.4. The van der Waals surface area contributed by atoms with Gasteiger partial charge in [0.15, 0.2) is 0 Å². The van der Waals surface area contributed by atoms with E-state index in [-0.39, 0.29) is 18.3 Å². The second kappa shape index (κ2) is 6.06. The Morgan fingerprint density at radius 1 is 1.46 bits per heavy atom. The maximum absolute atomic E-state index is 11.0. The first-order chi connectivity index (χ1) is 6.11. The van der Waals surface area contributed by atoms with Crippen LogP contribution in [0.1, 0.15) is 13.3 Å². The Labute approximate surface area is 77.9 Å². The molecule has 0 aliphatic heterocycles. The maximum atomic E-state index is 11.0. The summed E-state index contributed by atoms with van der Waals surface area (Å²) < 4.78 is 4.43. The Kier molecular flexibility index (Phi) is 5.37. The molecule has 0 aromatic rings. The molecule has 0 heterocycles. The van der Waals surface area contributed by atoms with Crippen molar-refractivity contribution < 1.29 is 14.3 Å². The zero-order valence-electron chi connectivity index (χ0n) is 8.09. The van der Waals surface area contributed by atoms with Crippen molar-refractivity contribution in [3.05, 3.63) is 0 Å².